The second kappa shape index (κ2) is 5.55. The zero-order chi connectivity index (χ0) is 14.9. The number of sulfonamides is 1. The van der Waals surface area contributed by atoms with Gasteiger partial charge >= 0.3 is 5.97 Å². The van der Waals surface area contributed by atoms with E-state index in [1.165, 1.54) is 13.8 Å². The Kier molecular flexibility index (Phi) is 4.17. The van der Waals surface area contributed by atoms with Crippen LogP contribution in [-0.2, 0) is 14.8 Å². The molecular formula is C12H17NO6S. The summed E-state index contributed by atoms with van der Waals surface area (Å²) in [5, 5.41) is 9.15. The Labute approximate surface area is 117 Å². The molecule has 1 aromatic rings. The Hall–Kier alpha value is -1.38. The summed E-state index contributed by atoms with van der Waals surface area (Å²) in [6, 6.07) is -0.343. The summed E-state index contributed by atoms with van der Waals surface area (Å²) < 4.78 is 37.6. The molecule has 0 bridgehead atoms. The third-order valence-corrected chi connectivity index (χ3v) is 4.84. The number of carbonyl (C=O) groups is 1. The first-order valence-corrected chi connectivity index (χ1v) is 7.74. The summed E-state index contributed by atoms with van der Waals surface area (Å²) >= 11 is 0. The lowest BCUT2D eigenvalue weighted by molar-refractivity contribution is 0.0691. The maximum Gasteiger partial charge on any atom is 0.340 e. The fourth-order valence-electron chi connectivity index (χ4n) is 2.35. The van der Waals surface area contributed by atoms with E-state index in [1.54, 1.807) is 0 Å². The Morgan fingerprint density at radius 2 is 2.05 bits per heavy atom. The lowest BCUT2D eigenvalue weighted by Crippen LogP contribution is -2.41. The Bertz CT molecular complexity index is 612. The molecule has 0 aliphatic carbocycles. The maximum atomic E-state index is 12.4. The van der Waals surface area contributed by atoms with Gasteiger partial charge in [-0.2, -0.15) is 0 Å². The van der Waals surface area contributed by atoms with Crippen LogP contribution in [-0.4, -0.2) is 38.7 Å². The molecule has 1 fully saturated rings. The van der Waals surface area contributed by atoms with Crippen LogP contribution in [0.4, 0.5) is 0 Å². The lowest BCUT2D eigenvalue weighted by atomic mass is 10.1. The minimum Gasteiger partial charge on any atom is -0.478 e. The zero-order valence-corrected chi connectivity index (χ0v) is 12.1. The monoisotopic (exact) mass is 303 g/mol. The van der Waals surface area contributed by atoms with Crippen molar-refractivity contribution in [3.05, 3.63) is 17.1 Å². The van der Waals surface area contributed by atoms with E-state index in [4.69, 9.17) is 14.3 Å². The van der Waals surface area contributed by atoms with Crippen molar-refractivity contribution in [1.29, 1.82) is 0 Å². The molecule has 1 saturated heterocycles. The fraction of sp³-hybridized carbons (Fsp3) is 0.583. The molecule has 0 radical (unpaired) electrons. The second-order valence-corrected chi connectivity index (χ2v) is 6.41. The molecule has 1 aliphatic heterocycles. The van der Waals surface area contributed by atoms with Crippen molar-refractivity contribution in [2.45, 2.75) is 37.6 Å². The number of hydrogen-bond donors (Lipinski definition) is 2. The highest BCUT2D eigenvalue weighted by Crippen LogP contribution is 2.27. The third-order valence-electron chi connectivity index (χ3n) is 3.17. The first-order valence-electron chi connectivity index (χ1n) is 6.26. The molecule has 1 unspecified atom stereocenters. The van der Waals surface area contributed by atoms with E-state index in [9.17, 15) is 13.2 Å². The Morgan fingerprint density at radius 3 is 2.60 bits per heavy atom. The van der Waals surface area contributed by atoms with Gasteiger partial charge in [-0.1, -0.05) is 0 Å². The van der Waals surface area contributed by atoms with Gasteiger partial charge in [0, 0.05) is 12.6 Å². The standard InChI is InChI=1S/C12H17NO6S/c1-7-10(12(14)15)11(8(2)19-7)20(16,17)13-9-4-3-5-18-6-9/h9,13H,3-6H2,1-2H3,(H,14,15). The topological polar surface area (TPSA) is 106 Å². The summed E-state index contributed by atoms with van der Waals surface area (Å²) in [5.41, 5.74) is -0.313. The molecule has 0 spiro atoms. The van der Waals surface area contributed by atoms with Crippen LogP contribution in [0.15, 0.2) is 9.31 Å². The quantitative estimate of drug-likeness (QED) is 0.861. The van der Waals surface area contributed by atoms with Gasteiger partial charge in [0.1, 0.15) is 22.0 Å². The Morgan fingerprint density at radius 1 is 1.35 bits per heavy atom. The largest absolute Gasteiger partial charge is 0.478 e. The van der Waals surface area contributed by atoms with Crippen LogP contribution >= 0.6 is 0 Å². The van der Waals surface area contributed by atoms with E-state index in [0.29, 0.717) is 13.0 Å². The van der Waals surface area contributed by atoms with E-state index in [0.717, 1.165) is 6.42 Å². The number of furan rings is 1. The van der Waals surface area contributed by atoms with Gasteiger partial charge in [0.2, 0.25) is 10.0 Å². The predicted octanol–water partition coefficient (Wildman–Crippen LogP) is 1.05. The number of ether oxygens (including phenoxy) is 1. The zero-order valence-electron chi connectivity index (χ0n) is 11.3. The van der Waals surface area contributed by atoms with Crippen molar-refractivity contribution in [3.63, 3.8) is 0 Å². The number of carboxylic acid groups (broad SMARTS) is 1. The first kappa shape index (κ1) is 15.0. The first-order chi connectivity index (χ1) is 9.33. The normalized spacial score (nSPS) is 20.0. The van der Waals surface area contributed by atoms with Gasteiger partial charge in [-0.15, -0.1) is 0 Å². The molecule has 0 aromatic carbocycles. The predicted molar refractivity (Wildman–Crippen MR) is 69.3 cm³/mol. The molecule has 1 aliphatic rings. The van der Waals surface area contributed by atoms with Gasteiger partial charge in [-0.05, 0) is 26.7 Å². The summed E-state index contributed by atoms with van der Waals surface area (Å²) in [7, 11) is -3.95. The summed E-state index contributed by atoms with van der Waals surface area (Å²) in [6.07, 6.45) is 1.43. The molecule has 1 atom stereocenters. The minimum atomic E-state index is -3.95. The van der Waals surface area contributed by atoms with E-state index < -0.39 is 16.0 Å². The highest BCUT2D eigenvalue weighted by Gasteiger charge is 2.32. The molecular weight excluding hydrogens is 286 g/mol. The number of carboxylic acids is 1. The number of aromatic carboxylic acids is 1. The molecule has 20 heavy (non-hydrogen) atoms. The molecule has 8 heteroatoms. The van der Waals surface area contributed by atoms with Gasteiger partial charge < -0.3 is 14.3 Å². The van der Waals surface area contributed by atoms with Crippen molar-refractivity contribution >= 4 is 16.0 Å². The van der Waals surface area contributed by atoms with E-state index in [-0.39, 0.29) is 34.6 Å². The molecule has 0 amide bonds. The van der Waals surface area contributed by atoms with Gasteiger partial charge in [0.25, 0.3) is 0 Å². The lowest BCUT2D eigenvalue weighted by Gasteiger charge is -2.22. The SMILES string of the molecule is Cc1oc(C)c(S(=O)(=O)NC2CCCOC2)c1C(=O)O. The van der Waals surface area contributed by atoms with Crippen LogP contribution in [0.2, 0.25) is 0 Å². The molecule has 2 rings (SSSR count). The van der Waals surface area contributed by atoms with Crippen molar-refractivity contribution in [3.8, 4) is 0 Å². The minimum absolute atomic E-state index is 0.0733. The van der Waals surface area contributed by atoms with E-state index in [2.05, 4.69) is 4.72 Å². The maximum absolute atomic E-state index is 12.4. The van der Waals surface area contributed by atoms with Gasteiger partial charge in [-0.3, -0.25) is 0 Å². The summed E-state index contributed by atoms with van der Waals surface area (Å²) in [6.45, 7) is 3.77. The molecule has 2 N–H and O–H groups in total. The average Bonchev–Trinajstić information content (AvgIpc) is 2.65. The highest BCUT2D eigenvalue weighted by molar-refractivity contribution is 7.89. The third kappa shape index (κ3) is 2.87. The van der Waals surface area contributed by atoms with E-state index >= 15 is 0 Å². The summed E-state index contributed by atoms with van der Waals surface area (Å²) in [5.74, 6) is -1.17. The van der Waals surface area contributed by atoms with Gasteiger partial charge in [0.15, 0.2) is 0 Å². The molecule has 1 aromatic heterocycles. The number of aryl methyl sites for hydroxylation is 2. The van der Waals surface area contributed by atoms with Crippen LogP contribution in [0.5, 0.6) is 0 Å². The molecule has 2 heterocycles. The van der Waals surface area contributed by atoms with Gasteiger partial charge in [-0.25, -0.2) is 17.9 Å². The van der Waals surface area contributed by atoms with Crippen LogP contribution in [0.3, 0.4) is 0 Å². The van der Waals surface area contributed by atoms with Crippen LogP contribution in [0, 0.1) is 13.8 Å². The smallest absolute Gasteiger partial charge is 0.340 e. The molecule has 7 nitrogen and oxygen atoms in total. The van der Waals surface area contributed by atoms with Gasteiger partial charge in [0.05, 0.1) is 6.61 Å². The highest BCUT2D eigenvalue weighted by atomic mass is 32.2. The average molecular weight is 303 g/mol. The number of rotatable bonds is 4. The molecule has 0 saturated carbocycles. The number of hydrogen-bond acceptors (Lipinski definition) is 5. The number of nitrogens with one attached hydrogen (secondary N) is 1. The fourth-order valence-corrected chi connectivity index (χ4v) is 4.01. The summed E-state index contributed by atoms with van der Waals surface area (Å²) in [4.78, 5) is 10.9. The van der Waals surface area contributed by atoms with Crippen LogP contribution < -0.4 is 4.72 Å². The molecule has 112 valence electrons. The van der Waals surface area contributed by atoms with Crippen LogP contribution in [0.1, 0.15) is 34.7 Å². The second-order valence-electron chi connectivity index (χ2n) is 4.76. The van der Waals surface area contributed by atoms with Crippen molar-refractivity contribution in [1.82, 2.24) is 4.72 Å². The van der Waals surface area contributed by atoms with Crippen molar-refractivity contribution < 1.29 is 27.5 Å². The van der Waals surface area contributed by atoms with E-state index in [1.807, 2.05) is 0 Å². The van der Waals surface area contributed by atoms with Crippen molar-refractivity contribution in [2.75, 3.05) is 13.2 Å². The Balaban J connectivity index is 2.36. The van der Waals surface area contributed by atoms with Crippen molar-refractivity contribution in [2.24, 2.45) is 0 Å². The van der Waals surface area contributed by atoms with Crippen LogP contribution in [0.25, 0.3) is 0 Å².